The maximum Gasteiger partial charge on any atom is 0.333 e. The number of fused-ring (bicyclic) bond motifs is 1. The highest BCUT2D eigenvalue weighted by molar-refractivity contribution is 8.01. The third-order valence-corrected chi connectivity index (χ3v) is 8.02. The highest BCUT2D eigenvalue weighted by Crippen LogP contribution is 2.66. The van der Waals surface area contributed by atoms with Crippen LogP contribution in [0.4, 0.5) is 0 Å². The Balaban J connectivity index is 2.07. The van der Waals surface area contributed by atoms with Crippen LogP contribution in [0.25, 0.3) is 0 Å². The second kappa shape index (κ2) is 8.85. The lowest BCUT2D eigenvalue weighted by molar-refractivity contribution is -0.171. The lowest BCUT2D eigenvalue weighted by Gasteiger charge is -2.46. The largest absolute Gasteiger partial charge is 0.460 e. The van der Waals surface area contributed by atoms with Crippen molar-refractivity contribution >= 4 is 29.7 Å². The SMILES string of the molecule is C=C1COC(=O)C12CC1(C)C(C)CCC(OC(=O)/C=C/SC)C1C2OC(=O)/C(C)=C\C. The Morgan fingerprint density at radius 1 is 1.29 bits per heavy atom. The van der Waals surface area contributed by atoms with Gasteiger partial charge >= 0.3 is 17.9 Å². The second-order valence-corrected chi connectivity index (χ2v) is 9.89. The number of carbonyl (C=O) groups is 3. The summed E-state index contributed by atoms with van der Waals surface area (Å²) >= 11 is 1.41. The van der Waals surface area contributed by atoms with Crippen molar-refractivity contribution < 1.29 is 28.6 Å². The number of carbonyl (C=O) groups excluding carboxylic acids is 3. The van der Waals surface area contributed by atoms with E-state index >= 15 is 0 Å². The molecule has 0 amide bonds. The summed E-state index contributed by atoms with van der Waals surface area (Å²) in [6.45, 7) is 11.9. The van der Waals surface area contributed by atoms with E-state index in [4.69, 9.17) is 14.2 Å². The predicted molar refractivity (Wildman–Crippen MR) is 119 cm³/mol. The first kappa shape index (κ1) is 23.6. The maximum atomic E-state index is 13.1. The standard InChI is InChI=1S/C24H32O6S/c1-7-14(2)21(26)30-20-19-17(29-18(25)10-11-31-6)9-8-15(3)23(19,5)13-24(20)16(4)12-28-22(24)27/h7,10-11,15,17,19-20H,4,8-9,12-13H2,1-3,5-6H3/b11-10+,14-7-. The predicted octanol–water partition coefficient (Wildman–Crippen LogP) is 4.21. The molecular weight excluding hydrogens is 416 g/mol. The minimum absolute atomic E-state index is 0.119. The fraction of sp³-hybridized carbons (Fsp3) is 0.625. The van der Waals surface area contributed by atoms with Crippen molar-refractivity contribution in [2.24, 2.45) is 22.7 Å². The fourth-order valence-corrected chi connectivity index (χ4v) is 5.78. The lowest BCUT2D eigenvalue weighted by atomic mass is 9.61. The quantitative estimate of drug-likeness (QED) is 0.270. The molecule has 31 heavy (non-hydrogen) atoms. The van der Waals surface area contributed by atoms with E-state index in [2.05, 4.69) is 20.4 Å². The van der Waals surface area contributed by atoms with Crippen molar-refractivity contribution in [3.63, 3.8) is 0 Å². The number of esters is 3. The molecule has 170 valence electrons. The Hall–Kier alpha value is -2.02. The van der Waals surface area contributed by atoms with Gasteiger partial charge in [-0.05, 0) is 61.7 Å². The summed E-state index contributed by atoms with van der Waals surface area (Å²) in [6, 6.07) is 0. The van der Waals surface area contributed by atoms with Crippen LogP contribution < -0.4 is 0 Å². The summed E-state index contributed by atoms with van der Waals surface area (Å²) in [5, 5.41) is 1.67. The molecule has 1 aliphatic heterocycles. The molecule has 3 aliphatic rings. The summed E-state index contributed by atoms with van der Waals surface area (Å²) in [5.41, 5.74) is -0.403. The number of cyclic esters (lactones) is 1. The lowest BCUT2D eigenvalue weighted by Crippen LogP contribution is -2.50. The number of hydrogen-bond donors (Lipinski definition) is 0. The van der Waals surface area contributed by atoms with E-state index in [1.54, 1.807) is 25.3 Å². The molecule has 6 nitrogen and oxygen atoms in total. The molecule has 3 fully saturated rings. The van der Waals surface area contributed by atoms with Gasteiger partial charge in [0.15, 0.2) is 0 Å². The fourth-order valence-electron chi connectivity index (χ4n) is 5.53. The maximum absolute atomic E-state index is 13.1. The van der Waals surface area contributed by atoms with Gasteiger partial charge in [-0.1, -0.05) is 26.5 Å². The topological polar surface area (TPSA) is 78.9 Å². The zero-order valence-electron chi connectivity index (χ0n) is 18.9. The van der Waals surface area contributed by atoms with Crippen LogP contribution in [0.15, 0.2) is 35.3 Å². The van der Waals surface area contributed by atoms with Crippen LogP contribution >= 0.6 is 11.8 Å². The Morgan fingerprint density at radius 2 is 2.00 bits per heavy atom. The van der Waals surface area contributed by atoms with Crippen molar-refractivity contribution in [3.05, 3.63) is 35.3 Å². The van der Waals surface area contributed by atoms with Gasteiger partial charge in [-0.2, -0.15) is 0 Å². The molecule has 7 heteroatoms. The Bertz CT molecular complexity index is 827. The van der Waals surface area contributed by atoms with Gasteiger partial charge in [0, 0.05) is 17.6 Å². The first-order valence-corrected chi connectivity index (χ1v) is 12.0. The van der Waals surface area contributed by atoms with E-state index in [0.717, 1.165) is 6.42 Å². The molecule has 0 radical (unpaired) electrons. The molecule has 1 saturated heterocycles. The van der Waals surface area contributed by atoms with Gasteiger partial charge in [-0.3, -0.25) is 4.79 Å². The van der Waals surface area contributed by atoms with Crippen LogP contribution in [0, 0.1) is 22.7 Å². The Labute approximate surface area is 188 Å². The van der Waals surface area contributed by atoms with E-state index in [1.807, 2.05) is 6.26 Å². The van der Waals surface area contributed by atoms with Crippen LogP contribution in [-0.4, -0.2) is 43.0 Å². The zero-order chi connectivity index (χ0) is 23.0. The average Bonchev–Trinajstić information content (AvgIpc) is 3.18. The van der Waals surface area contributed by atoms with Crippen LogP contribution in [0.5, 0.6) is 0 Å². The molecule has 3 rings (SSSR count). The molecule has 1 heterocycles. The average molecular weight is 449 g/mol. The van der Waals surface area contributed by atoms with Crippen LogP contribution in [0.1, 0.15) is 47.0 Å². The van der Waals surface area contributed by atoms with E-state index in [9.17, 15) is 14.4 Å². The second-order valence-electron chi connectivity index (χ2n) is 9.15. The van der Waals surface area contributed by atoms with Gasteiger partial charge < -0.3 is 14.2 Å². The highest BCUT2D eigenvalue weighted by atomic mass is 32.2. The first-order chi connectivity index (χ1) is 14.6. The summed E-state index contributed by atoms with van der Waals surface area (Å²) < 4.78 is 17.3. The molecule has 0 aromatic heterocycles. The van der Waals surface area contributed by atoms with Crippen molar-refractivity contribution in [1.82, 2.24) is 0 Å². The van der Waals surface area contributed by atoms with E-state index in [1.165, 1.54) is 17.8 Å². The summed E-state index contributed by atoms with van der Waals surface area (Å²) in [7, 11) is 0. The van der Waals surface area contributed by atoms with Crippen molar-refractivity contribution in [2.45, 2.75) is 59.2 Å². The molecule has 6 unspecified atom stereocenters. The zero-order valence-corrected chi connectivity index (χ0v) is 19.8. The third-order valence-electron chi connectivity index (χ3n) is 7.61. The van der Waals surface area contributed by atoms with Gasteiger partial charge in [0.1, 0.15) is 24.2 Å². The monoisotopic (exact) mass is 448 g/mol. The molecule has 0 aromatic carbocycles. The summed E-state index contributed by atoms with van der Waals surface area (Å²) in [4.78, 5) is 38.3. The van der Waals surface area contributed by atoms with E-state index in [0.29, 0.717) is 24.0 Å². The number of hydrogen-bond acceptors (Lipinski definition) is 7. The number of allylic oxidation sites excluding steroid dienone is 1. The van der Waals surface area contributed by atoms with E-state index < -0.39 is 35.5 Å². The molecule has 1 spiro atoms. The van der Waals surface area contributed by atoms with Gasteiger partial charge in [-0.15, -0.1) is 11.8 Å². The Morgan fingerprint density at radius 3 is 2.58 bits per heavy atom. The van der Waals surface area contributed by atoms with Crippen molar-refractivity contribution in [3.8, 4) is 0 Å². The smallest absolute Gasteiger partial charge is 0.333 e. The normalized spacial score (nSPS) is 37.8. The third kappa shape index (κ3) is 3.86. The van der Waals surface area contributed by atoms with Gasteiger partial charge in [0.2, 0.25) is 0 Å². The molecule has 0 N–H and O–H groups in total. The van der Waals surface area contributed by atoms with Crippen molar-refractivity contribution in [2.75, 3.05) is 12.9 Å². The number of thioether (sulfide) groups is 1. The van der Waals surface area contributed by atoms with Gasteiger partial charge in [0.25, 0.3) is 0 Å². The van der Waals surface area contributed by atoms with Crippen LogP contribution in [0.2, 0.25) is 0 Å². The minimum Gasteiger partial charge on any atom is -0.460 e. The molecule has 6 atom stereocenters. The van der Waals surface area contributed by atoms with Gasteiger partial charge in [-0.25, -0.2) is 9.59 Å². The first-order valence-electron chi connectivity index (χ1n) is 10.7. The van der Waals surface area contributed by atoms with Crippen LogP contribution in [-0.2, 0) is 28.6 Å². The number of rotatable bonds is 5. The van der Waals surface area contributed by atoms with Crippen molar-refractivity contribution in [1.29, 1.82) is 0 Å². The van der Waals surface area contributed by atoms with Crippen LogP contribution in [0.3, 0.4) is 0 Å². The molecule has 0 bridgehead atoms. The van der Waals surface area contributed by atoms with Gasteiger partial charge in [0.05, 0.1) is 0 Å². The molecule has 2 saturated carbocycles. The molecular formula is C24H32O6S. The minimum atomic E-state index is -1.11. The Kier molecular flexibility index (Phi) is 6.75. The number of ether oxygens (including phenoxy) is 3. The summed E-state index contributed by atoms with van der Waals surface area (Å²) in [5.74, 6) is -1.39. The molecule has 0 aromatic rings. The highest BCUT2D eigenvalue weighted by Gasteiger charge is 2.72. The van der Waals surface area contributed by atoms with E-state index in [-0.39, 0.29) is 23.9 Å². The molecule has 2 aliphatic carbocycles. The summed E-state index contributed by atoms with van der Waals surface area (Å²) in [6.07, 6.45) is 5.64.